The lowest BCUT2D eigenvalue weighted by Gasteiger charge is -2.25. The van der Waals surface area contributed by atoms with E-state index in [0.717, 1.165) is 20.1 Å². The summed E-state index contributed by atoms with van der Waals surface area (Å²) in [7, 11) is 1.60. The van der Waals surface area contributed by atoms with E-state index < -0.39 is 0 Å². The molecule has 1 aromatic heterocycles. The second-order valence-corrected chi connectivity index (χ2v) is 9.26. The summed E-state index contributed by atoms with van der Waals surface area (Å²) in [6.45, 7) is 0. The van der Waals surface area contributed by atoms with Crippen LogP contribution in [0.15, 0.2) is 52.9 Å². The van der Waals surface area contributed by atoms with Gasteiger partial charge in [-0.2, -0.15) is 0 Å². The van der Waals surface area contributed by atoms with Gasteiger partial charge in [0.15, 0.2) is 4.34 Å². The fourth-order valence-electron chi connectivity index (χ4n) is 2.85. The van der Waals surface area contributed by atoms with E-state index in [1.165, 1.54) is 28.5 Å². The minimum absolute atomic E-state index is 0.126. The van der Waals surface area contributed by atoms with Crippen molar-refractivity contribution in [1.29, 1.82) is 0 Å². The van der Waals surface area contributed by atoms with Crippen LogP contribution >= 0.6 is 34.9 Å². The summed E-state index contributed by atoms with van der Waals surface area (Å²) in [5, 5.41) is 1.10. The molecule has 144 valence electrons. The SMILES string of the molecule is COc1ccccc1C1SCC(=O)N1NC(=O)CSc1nc2ccccc2s1. The Hall–Kier alpha value is -2.23. The van der Waals surface area contributed by atoms with Crippen LogP contribution in [0.4, 0.5) is 0 Å². The van der Waals surface area contributed by atoms with Crippen LogP contribution in [0.25, 0.3) is 10.2 Å². The molecule has 1 saturated heterocycles. The number of fused-ring (bicyclic) bond motifs is 1. The molecule has 1 atom stereocenters. The number of carbonyl (C=O) groups is 2. The maximum atomic E-state index is 12.5. The zero-order chi connectivity index (χ0) is 19.5. The van der Waals surface area contributed by atoms with Gasteiger partial charge in [-0.05, 0) is 18.2 Å². The Kier molecular flexibility index (Phi) is 5.74. The van der Waals surface area contributed by atoms with E-state index in [2.05, 4.69) is 10.4 Å². The van der Waals surface area contributed by atoms with E-state index in [1.807, 2.05) is 48.5 Å². The lowest BCUT2D eigenvalue weighted by Crippen LogP contribution is -2.45. The monoisotopic (exact) mass is 431 g/mol. The second kappa shape index (κ2) is 8.42. The molecule has 1 unspecified atom stereocenters. The molecule has 0 aliphatic carbocycles. The highest BCUT2D eigenvalue weighted by Crippen LogP contribution is 2.41. The molecule has 1 aliphatic rings. The number of hydrogen-bond acceptors (Lipinski definition) is 7. The normalized spacial score (nSPS) is 16.5. The van der Waals surface area contributed by atoms with E-state index in [4.69, 9.17) is 4.74 Å². The molecule has 0 spiro atoms. The molecule has 6 nitrogen and oxygen atoms in total. The van der Waals surface area contributed by atoms with Crippen LogP contribution in [0.3, 0.4) is 0 Å². The average molecular weight is 432 g/mol. The van der Waals surface area contributed by atoms with Gasteiger partial charge in [0.2, 0.25) is 5.91 Å². The number of hydrogen-bond donors (Lipinski definition) is 1. The number of para-hydroxylation sites is 2. The van der Waals surface area contributed by atoms with Crippen molar-refractivity contribution >= 4 is 56.9 Å². The molecular formula is C19H17N3O3S3. The quantitative estimate of drug-likeness (QED) is 0.600. The largest absolute Gasteiger partial charge is 0.496 e. The fourth-order valence-corrected chi connectivity index (χ4v) is 5.85. The molecule has 2 amide bonds. The summed E-state index contributed by atoms with van der Waals surface area (Å²) in [4.78, 5) is 29.3. The molecule has 2 heterocycles. The fraction of sp³-hybridized carbons (Fsp3) is 0.211. The topological polar surface area (TPSA) is 71.5 Å². The van der Waals surface area contributed by atoms with Crippen molar-refractivity contribution < 1.29 is 14.3 Å². The number of aromatic nitrogens is 1. The van der Waals surface area contributed by atoms with Crippen molar-refractivity contribution in [2.45, 2.75) is 9.71 Å². The first kappa shape index (κ1) is 19.1. The van der Waals surface area contributed by atoms with Gasteiger partial charge < -0.3 is 4.74 Å². The predicted octanol–water partition coefficient (Wildman–Crippen LogP) is 3.70. The van der Waals surface area contributed by atoms with Crippen LogP contribution in [0, 0.1) is 0 Å². The average Bonchev–Trinajstić information content (AvgIpc) is 3.30. The van der Waals surface area contributed by atoms with Crippen molar-refractivity contribution in [3.63, 3.8) is 0 Å². The van der Waals surface area contributed by atoms with E-state index in [1.54, 1.807) is 18.4 Å². The van der Waals surface area contributed by atoms with Gasteiger partial charge in [0, 0.05) is 5.56 Å². The molecule has 0 radical (unpaired) electrons. The number of thioether (sulfide) groups is 2. The Bertz CT molecular complexity index is 991. The number of ether oxygens (including phenoxy) is 1. The zero-order valence-corrected chi connectivity index (χ0v) is 17.4. The Balaban J connectivity index is 1.42. The first-order valence-corrected chi connectivity index (χ1v) is 11.4. The minimum atomic E-state index is -0.306. The Morgan fingerprint density at radius 2 is 2.07 bits per heavy atom. The molecule has 2 aromatic carbocycles. The van der Waals surface area contributed by atoms with Crippen molar-refractivity contribution in [1.82, 2.24) is 15.4 Å². The molecule has 1 aliphatic heterocycles. The zero-order valence-electron chi connectivity index (χ0n) is 15.0. The van der Waals surface area contributed by atoms with Crippen LogP contribution < -0.4 is 10.2 Å². The van der Waals surface area contributed by atoms with Crippen LogP contribution in [0.1, 0.15) is 10.9 Å². The van der Waals surface area contributed by atoms with Crippen LogP contribution in [-0.2, 0) is 9.59 Å². The Morgan fingerprint density at radius 3 is 2.89 bits per heavy atom. The van der Waals surface area contributed by atoms with Gasteiger partial charge in [0.1, 0.15) is 11.1 Å². The van der Waals surface area contributed by atoms with Crippen LogP contribution in [0.5, 0.6) is 5.75 Å². The Morgan fingerprint density at radius 1 is 1.29 bits per heavy atom. The number of rotatable bonds is 6. The number of benzene rings is 2. The Labute approximate surface area is 174 Å². The summed E-state index contributed by atoms with van der Waals surface area (Å²) in [5.41, 5.74) is 4.55. The smallest absolute Gasteiger partial charge is 0.252 e. The number of carbonyl (C=O) groups excluding carboxylic acids is 2. The summed E-state index contributed by atoms with van der Waals surface area (Å²) in [6, 6.07) is 15.4. The molecule has 9 heteroatoms. The molecule has 28 heavy (non-hydrogen) atoms. The second-order valence-electron chi connectivity index (χ2n) is 5.94. The molecule has 1 N–H and O–H groups in total. The third-order valence-electron chi connectivity index (χ3n) is 4.12. The first-order valence-electron chi connectivity index (χ1n) is 8.50. The molecule has 0 bridgehead atoms. The molecule has 0 saturated carbocycles. The van der Waals surface area contributed by atoms with Gasteiger partial charge in [-0.1, -0.05) is 42.1 Å². The third kappa shape index (κ3) is 3.96. The summed E-state index contributed by atoms with van der Waals surface area (Å²) in [6.07, 6.45) is 0. The van der Waals surface area contributed by atoms with Crippen molar-refractivity contribution in [2.75, 3.05) is 18.6 Å². The number of hydrazine groups is 1. The van der Waals surface area contributed by atoms with Gasteiger partial charge in [-0.25, -0.2) is 9.99 Å². The summed E-state index contributed by atoms with van der Waals surface area (Å²) in [5.74, 6) is 0.832. The maximum Gasteiger partial charge on any atom is 0.252 e. The standard InChI is InChI=1S/C19H17N3O3S3/c1-25-14-8-4-2-6-12(14)18-22(17(24)11-26-18)21-16(23)10-27-19-20-13-7-3-5-9-15(13)28-19/h2-9,18H,10-11H2,1H3,(H,21,23). The highest BCUT2D eigenvalue weighted by Gasteiger charge is 2.35. The summed E-state index contributed by atoms with van der Waals surface area (Å²) < 4.78 is 7.33. The van der Waals surface area contributed by atoms with Crippen molar-refractivity contribution in [3.05, 3.63) is 54.1 Å². The lowest BCUT2D eigenvalue weighted by atomic mass is 10.2. The van der Waals surface area contributed by atoms with Crippen molar-refractivity contribution in [3.8, 4) is 5.75 Å². The van der Waals surface area contributed by atoms with E-state index >= 15 is 0 Å². The van der Waals surface area contributed by atoms with Gasteiger partial charge in [-0.3, -0.25) is 15.0 Å². The molecule has 3 aromatic rings. The van der Waals surface area contributed by atoms with E-state index in [9.17, 15) is 9.59 Å². The highest BCUT2D eigenvalue weighted by molar-refractivity contribution is 8.01. The summed E-state index contributed by atoms with van der Waals surface area (Å²) >= 11 is 4.39. The van der Waals surface area contributed by atoms with Crippen molar-refractivity contribution in [2.24, 2.45) is 0 Å². The van der Waals surface area contributed by atoms with Gasteiger partial charge in [0.25, 0.3) is 5.91 Å². The molecule has 1 fully saturated rings. The third-order valence-corrected chi connectivity index (χ3v) is 7.49. The maximum absolute atomic E-state index is 12.5. The number of nitrogens with zero attached hydrogens (tertiary/aromatic N) is 2. The van der Waals surface area contributed by atoms with Gasteiger partial charge in [-0.15, -0.1) is 23.1 Å². The number of methoxy groups -OCH3 is 1. The van der Waals surface area contributed by atoms with E-state index in [-0.39, 0.29) is 22.9 Å². The minimum Gasteiger partial charge on any atom is -0.496 e. The molecular weight excluding hydrogens is 414 g/mol. The molecule has 4 rings (SSSR count). The highest BCUT2D eigenvalue weighted by atomic mass is 32.2. The van der Waals surface area contributed by atoms with Crippen LogP contribution in [-0.4, -0.2) is 40.4 Å². The number of thiazole rings is 1. The van der Waals surface area contributed by atoms with Gasteiger partial charge in [0.05, 0.1) is 28.8 Å². The number of nitrogens with one attached hydrogen (secondary N) is 1. The van der Waals surface area contributed by atoms with Crippen LogP contribution in [0.2, 0.25) is 0 Å². The number of amides is 2. The predicted molar refractivity (Wildman–Crippen MR) is 114 cm³/mol. The lowest BCUT2D eigenvalue weighted by molar-refractivity contribution is -0.138. The van der Waals surface area contributed by atoms with Gasteiger partial charge >= 0.3 is 0 Å². The first-order chi connectivity index (χ1) is 13.7. The van der Waals surface area contributed by atoms with E-state index in [0.29, 0.717) is 11.5 Å².